The van der Waals surface area contributed by atoms with Gasteiger partial charge in [-0.2, -0.15) is 0 Å². The lowest BCUT2D eigenvalue weighted by atomic mass is 10.0. The number of benzene rings is 2. The Morgan fingerprint density at radius 2 is 1.95 bits per heavy atom. The fourth-order valence-electron chi connectivity index (χ4n) is 2.69. The fraction of sp³-hybridized carbons (Fsp3) is 0.222. The minimum Gasteiger partial charge on any atom is -0.454 e. The van der Waals surface area contributed by atoms with E-state index in [0.717, 1.165) is 16.5 Å². The Morgan fingerprint density at radius 3 is 2.71 bits per heavy atom. The topological polar surface area (TPSA) is 43.4 Å². The molecule has 0 saturated heterocycles. The molecule has 1 atom stereocenters. The first kappa shape index (κ1) is 13.6. The molecule has 0 saturated carbocycles. The molecule has 0 aromatic heterocycles. The normalized spacial score (nSPS) is 17.9. The molecule has 21 heavy (non-hydrogen) atoms. The van der Waals surface area contributed by atoms with Gasteiger partial charge < -0.3 is 4.74 Å². The third-order valence-electron chi connectivity index (χ3n) is 3.70. The number of carbonyl (C=O) groups is 2. The van der Waals surface area contributed by atoms with Gasteiger partial charge in [-0.05, 0) is 21.9 Å². The van der Waals surface area contributed by atoms with Crippen molar-refractivity contribution in [3.63, 3.8) is 0 Å². The van der Waals surface area contributed by atoms with Crippen molar-refractivity contribution in [1.29, 1.82) is 0 Å². The second-order valence-electron chi connectivity index (χ2n) is 5.29. The number of Topliss-reactive ketones (excluding diaryl/α,β-unsaturated/α-hetero) is 1. The summed E-state index contributed by atoms with van der Waals surface area (Å²) in [4.78, 5) is 23.1. The van der Waals surface area contributed by atoms with Gasteiger partial charge in [-0.15, -0.1) is 0 Å². The van der Waals surface area contributed by atoms with Crippen molar-refractivity contribution in [2.75, 3.05) is 0 Å². The van der Waals surface area contributed by atoms with Crippen molar-refractivity contribution in [3.05, 3.63) is 59.7 Å². The Balaban J connectivity index is 1.77. The highest BCUT2D eigenvalue weighted by molar-refractivity contribution is 6.02. The predicted octanol–water partition coefficient (Wildman–Crippen LogP) is 3.21. The highest BCUT2D eigenvalue weighted by Crippen LogP contribution is 2.23. The van der Waals surface area contributed by atoms with E-state index in [0.29, 0.717) is 12.8 Å². The number of hydrogen-bond acceptors (Lipinski definition) is 3. The van der Waals surface area contributed by atoms with E-state index in [2.05, 4.69) is 24.3 Å². The van der Waals surface area contributed by atoms with E-state index in [1.807, 2.05) is 24.3 Å². The molecule has 3 nitrogen and oxygen atoms in total. The monoisotopic (exact) mass is 280 g/mol. The zero-order valence-corrected chi connectivity index (χ0v) is 11.8. The molecule has 1 aliphatic rings. The van der Waals surface area contributed by atoms with Crippen LogP contribution in [0, 0.1) is 0 Å². The maximum atomic E-state index is 12.2. The van der Waals surface area contributed by atoms with Crippen LogP contribution < -0.4 is 0 Å². The van der Waals surface area contributed by atoms with E-state index >= 15 is 0 Å². The Labute approximate surface area is 123 Å². The summed E-state index contributed by atoms with van der Waals surface area (Å²) in [6, 6.07) is 14.3. The zero-order chi connectivity index (χ0) is 14.8. The van der Waals surface area contributed by atoms with Crippen LogP contribution in [0.5, 0.6) is 0 Å². The van der Waals surface area contributed by atoms with Crippen LogP contribution in [0.15, 0.2) is 54.1 Å². The summed E-state index contributed by atoms with van der Waals surface area (Å²) in [7, 11) is 0. The van der Waals surface area contributed by atoms with Crippen LogP contribution in [0.25, 0.3) is 10.8 Å². The van der Waals surface area contributed by atoms with Crippen LogP contribution >= 0.6 is 0 Å². The summed E-state index contributed by atoms with van der Waals surface area (Å²) in [6.45, 7) is 1.33. The minimum absolute atomic E-state index is 0.0710. The van der Waals surface area contributed by atoms with E-state index in [4.69, 9.17) is 4.74 Å². The van der Waals surface area contributed by atoms with E-state index in [1.165, 1.54) is 12.3 Å². The predicted molar refractivity (Wildman–Crippen MR) is 80.9 cm³/mol. The summed E-state index contributed by atoms with van der Waals surface area (Å²) >= 11 is 0. The standard InChI is InChI=1S/C18H16O3/c1-12(19)21-17-9-8-16(18(17)20)11-13-6-7-14-4-2-3-5-15(14)10-13/h2-8,10,17H,9,11H2,1H3. The molecule has 0 radical (unpaired) electrons. The number of ether oxygens (including phenoxy) is 1. The average molecular weight is 280 g/mol. The summed E-state index contributed by atoms with van der Waals surface area (Å²) in [5, 5.41) is 2.35. The Morgan fingerprint density at radius 1 is 1.19 bits per heavy atom. The second-order valence-corrected chi connectivity index (χ2v) is 5.29. The maximum absolute atomic E-state index is 12.2. The third kappa shape index (κ3) is 2.87. The first-order chi connectivity index (χ1) is 10.1. The molecule has 0 spiro atoms. The number of fused-ring (bicyclic) bond motifs is 1. The van der Waals surface area contributed by atoms with Crippen LogP contribution in [0.1, 0.15) is 18.9 Å². The molecule has 3 heteroatoms. The van der Waals surface area contributed by atoms with Crippen LogP contribution in [0.4, 0.5) is 0 Å². The average Bonchev–Trinajstić information content (AvgIpc) is 2.80. The van der Waals surface area contributed by atoms with Crippen molar-refractivity contribution in [1.82, 2.24) is 0 Å². The van der Waals surface area contributed by atoms with Crippen molar-refractivity contribution >= 4 is 22.5 Å². The van der Waals surface area contributed by atoms with Gasteiger partial charge in [0.2, 0.25) is 0 Å². The molecule has 0 fully saturated rings. The quantitative estimate of drug-likeness (QED) is 0.811. The molecule has 0 amide bonds. The molecular weight excluding hydrogens is 264 g/mol. The lowest BCUT2D eigenvalue weighted by Gasteiger charge is -2.09. The Kier molecular flexibility index (Phi) is 3.57. The maximum Gasteiger partial charge on any atom is 0.303 e. The zero-order valence-electron chi connectivity index (χ0n) is 11.8. The van der Waals surface area contributed by atoms with Gasteiger partial charge in [0.25, 0.3) is 0 Å². The SMILES string of the molecule is CC(=O)OC1CC=C(Cc2ccc3ccccc3c2)C1=O. The first-order valence-electron chi connectivity index (χ1n) is 7.01. The number of rotatable bonds is 3. The second kappa shape index (κ2) is 5.52. The molecule has 3 rings (SSSR count). The molecule has 2 aromatic rings. The first-order valence-corrected chi connectivity index (χ1v) is 7.01. The van der Waals surface area contributed by atoms with Gasteiger partial charge in [0.15, 0.2) is 11.9 Å². The summed E-state index contributed by atoms with van der Waals surface area (Å²) in [6.07, 6.45) is 2.33. The lowest BCUT2D eigenvalue weighted by Crippen LogP contribution is -2.23. The molecule has 0 aliphatic heterocycles. The van der Waals surface area contributed by atoms with Gasteiger partial charge in [0.1, 0.15) is 0 Å². The molecule has 0 bridgehead atoms. The summed E-state index contributed by atoms with van der Waals surface area (Å²) < 4.78 is 5.02. The van der Waals surface area contributed by atoms with Crippen LogP contribution in [0.2, 0.25) is 0 Å². The van der Waals surface area contributed by atoms with E-state index in [9.17, 15) is 9.59 Å². The molecule has 0 heterocycles. The van der Waals surface area contributed by atoms with Crippen molar-refractivity contribution in [2.45, 2.75) is 25.9 Å². The van der Waals surface area contributed by atoms with Crippen molar-refractivity contribution in [2.24, 2.45) is 0 Å². The highest BCUT2D eigenvalue weighted by Gasteiger charge is 2.29. The third-order valence-corrected chi connectivity index (χ3v) is 3.70. The number of hydrogen-bond donors (Lipinski definition) is 0. The molecule has 1 aliphatic carbocycles. The summed E-state index contributed by atoms with van der Waals surface area (Å²) in [5.41, 5.74) is 1.83. The van der Waals surface area contributed by atoms with E-state index in [1.54, 1.807) is 0 Å². The fourth-order valence-corrected chi connectivity index (χ4v) is 2.69. The van der Waals surface area contributed by atoms with Crippen molar-refractivity contribution in [3.8, 4) is 0 Å². The minimum atomic E-state index is -0.627. The van der Waals surface area contributed by atoms with Gasteiger partial charge in [0.05, 0.1) is 0 Å². The van der Waals surface area contributed by atoms with Gasteiger partial charge >= 0.3 is 5.97 Å². The Hall–Kier alpha value is -2.42. The smallest absolute Gasteiger partial charge is 0.303 e. The van der Waals surface area contributed by atoms with Crippen LogP contribution in [-0.4, -0.2) is 17.9 Å². The molecule has 2 aromatic carbocycles. The van der Waals surface area contributed by atoms with Gasteiger partial charge in [-0.3, -0.25) is 9.59 Å². The number of carbonyl (C=O) groups excluding carboxylic acids is 2. The van der Waals surface area contributed by atoms with Crippen LogP contribution in [-0.2, 0) is 20.7 Å². The van der Waals surface area contributed by atoms with E-state index < -0.39 is 12.1 Å². The molecule has 106 valence electrons. The van der Waals surface area contributed by atoms with Gasteiger partial charge in [-0.1, -0.05) is 48.5 Å². The summed E-state index contributed by atoms with van der Waals surface area (Å²) in [5.74, 6) is -0.480. The molecule has 0 N–H and O–H groups in total. The van der Waals surface area contributed by atoms with Crippen molar-refractivity contribution < 1.29 is 14.3 Å². The molecule has 1 unspecified atom stereocenters. The van der Waals surface area contributed by atoms with Gasteiger partial charge in [-0.25, -0.2) is 0 Å². The lowest BCUT2D eigenvalue weighted by molar-refractivity contribution is -0.150. The largest absolute Gasteiger partial charge is 0.454 e. The van der Waals surface area contributed by atoms with E-state index in [-0.39, 0.29) is 5.78 Å². The van der Waals surface area contributed by atoms with Crippen LogP contribution in [0.3, 0.4) is 0 Å². The number of ketones is 1. The highest BCUT2D eigenvalue weighted by atomic mass is 16.5. The molecular formula is C18H16O3. The Bertz CT molecular complexity index is 743. The number of esters is 1. The van der Waals surface area contributed by atoms with Gasteiger partial charge in [0, 0.05) is 19.8 Å².